The fourth-order valence-electron chi connectivity index (χ4n) is 2.29. The summed E-state index contributed by atoms with van der Waals surface area (Å²) in [6.07, 6.45) is 3.32. The molecule has 0 spiro atoms. The summed E-state index contributed by atoms with van der Waals surface area (Å²) in [6.45, 7) is 13.9. The lowest BCUT2D eigenvalue weighted by atomic mass is 9.98. The summed E-state index contributed by atoms with van der Waals surface area (Å²) in [5.74, 6) is 0. The van der Waals surface area contributed by atoms with Gasteiger partial charge in [-0.3, -0.25) is 4.68 Å². The van der Waals surface area contributed by atoms with E-state index in [2.05, 4.69) is 56.9 Å². The van der Waals surface area contributed by atoms with Crippen LogP contribution in [0.5, 0.6) is 0 Å². The number of nitrogens with one attached hydrogen (secondary N) is 1. The molecule has 116 valence electrons. The van der Waals surface area contributed by atoms with Crippen LogP contribution < -0.4 is 5.32 Å². The number of rotatable bonds is 5. The van der Waals surface area contributed by atoms with Crippen LogP contribution in [0.25, 0.3) is 0 Å². The van der Waals surface area contributed by atoms with Crippen LogP contribution in [-0.4, -0.2) is 25.8 Å². The summed E-state index contributed by atoms with van der Waals surface area (Å²) in [4.78, 5) is 10.0. The molecule has 0 saturated carbocycles. The van der Waals surface area contributed by atoms with Gasteiger partial charge in [-0.05, 0) is 20.8 Å². The summed E-state index contributed by atoms with van der Waals surface area (Å²) in [5, 5.41) is 8.97. The van der Waals surface area contributed by atoms with Gasteiger partial charge in [0.1, 0.15) is 12.7 Å². The van der Waals surface area contributed by atoms with Crippen LogP contribution in [0.2, 0.25) is 0 Å². The first-order valence-electron chi connectivity index (χ1n) is 7.33. The maximum atomic E-state index is 4.74. The first kappa shape index (κ1) is 16.1. The van der Waals surface area contributed by atoms with E-state index in [1.54, 1.807) is 12.7 Å². The Morgan fingerprint density at radius 3 is 2.57 bits per heavy atom. The highest BCUT2D eigenvalue weighted by molar-refractivity contribution is 7.12. The smallest absolute Gasteiger partial charge is 0.137 e. The normalized spacial score (nSPS) is 15.1. The molecule has 6 heteroatoms. The van der Waals surface area contributed by atoms with Gasteiger partial charge in [0.25, 0.3) is 0 Å². The Hall–Kier alpha value is -1.27. The Morgan fingerprint density at radius 1 is 1.33 bits per heavy atom. The minimum absolute atomic E-state index is 0.111. The summed E-state index contributed by atoms with van der Waals surface area (Å²) in [7, 11) is 0. The molecule has 0 aliphatic heterocycles. The highest BCUT2D eigenvalue weighted by Crippen LogP contribution is 2.32. The first-order valence-corrected chi connectivity index (χ1v) is 8.15. The number of aryl methyl sites for hydroxylation is 1. The van der Waals surface area contributed by atoms with Crippen molar-refractivity contribution in [3.63, 3.8) is 0 Å². The minimum atomic E-state index is 0.111. The zero-order chi connectivity index (χ0) is 15.6. The van der Waals surface area contributed by atoms with E-state index in [4.69, 9.17) is 4.98 Å². The van der Waals surface area contributed by atoms with Crippen molar-refractivity contribution in [2.45, 2.75) is 65.6 Å². The van der Waals surface area contributed by atoms with Gasteiger partial charge < -0.3 is 5.32 Å². The molecular weight excluding hydrogens is 282 g/mol. The second-order valence-corrected chi connectivity index (χ2v) is 7.66. The minimum Gasteiger partial charge on any atom is -0.305 e. The van der Waals surface area contributed by atoms with Gasteiger partial charge in [-0.2, -0.15) is 5.10 Å². The zero-order valence-electron chi connectivity index (χ0n) is 13.7. The van der Waals surface area contributed by atoms with Crippen molar-refractivity contribution in [1.82, 2.24) is 25.1 Å². The maximum absolute atomic E-state index is 4.74. The van der Waals surface area contributed by atoms with Gasteiger partial charge in [0, 0.05) is 22.4 Å². The monoisotopic (exact) mass is 307 g/mol. The highest BCUT2D eigenvalue weighted by Gasteiger charge is 2.23. The Bertz CT molecular complexity index is 567. The summed E-state index contributed by atoms with van der Waals surface area (Å²) >= 11 is 1.82. The van der Waals surface area contributed by atoms with E-state index in [1.165, 1.54) is 9.88 Å². The molecule has 0 fully saturated rings. The van der Waals surface area contributed by atoms with Gasteiger partial charge in [-0.25, -0.2) is 9.97 Å². The second kappa shape index (κ2) is 6.23. The van der Waals surface area contributed by atoms with E-state index in [1.807, 2.05) is 16.0 Å². The van der Waals surface area contributed by atoms with Crippen LogP contribution >= 0.6 is 11.3 Å². The van der Waals surface area contributed by atoms with E-state index in [0.717, 1.165) is 12.2 Å². The number of aromatic nitrogens is 4. The van der Waals surface area contributed by atoms with Crippen LogP contribution in [-0.2, 0) is 12.0 Å². The van der Waals surface area contributed by atoms with Crippen molar-refractivity contribution in [1.29, 1.82) is 0 Å². The van der Waals surface area contributed by atoms with Crippen molar-refractivity contribution in [3.05, 3.63) is 28.2 Å². The van der Waals surface area contributed by atoms with Gasteiger partial charge in [-0.15, -0.1) is 11.3 Å². The SMILES string of the molecule is Cc1nc(C(C)(C)C)sc1[C@H](C)N[C@H](C)Cn1cncn1. The number of hydrogen-bond donors (Lipinski definition) is 1. The van der Waals surface area contributed by atoms with E-state index < -0.39 is 0 Å². The second-order valence-electron chi connectivity index (χ2n) is 6.63. The van der Waals surface area contributed by atoms with Crippen LogP contribution in [0, 0.1) is 6.92 Å². The van der Waals surface area contributed by atoms with E-state index in [-0.39, 0.29) is 11.5 Å². The number of hydrogen-bond acceptors (Lipinski definition) is 5. The topological polar surface area (TPSA) is 55.6 Å². The summed E-state index contributed by atoms with van der Waals surface area (Å²) in [5.41, 5.74) is 1.25. The average Bonchev–Trinajstić information content (AvgIpc) is 2.97. The molecule has 0 radical (unpaired) electrons. The molecule has 0 amide bonds. The largest absolute Gasteiger partial charge is 0.305 e. The molecule has 2 atom stereocenters. The molecule has 1 N–H and O–H groups in total. The third-order valence-corrected chi connectivity index (χ3v) is 5.10. The Kier molecular flexibility index (Phi) is 4.78. The molecule has 0 bridgehead atoms. The van der Waals surface area contributed by atoms with E-state index >= 15 is 0 Å². The third-order valence-electron chi connectivity index (χ3n) is 3.33. The predicted octanol–water partition coefficient (Wildman–Crippen LogP) is 3.08. The molecule has 0 aliphatic rings. The predicted molar refractivity (Wildman–Crippen MR) is 86.6 cm³/mol. The van der Waals surface area contributed by atoms with Gasteiger partial charge >= 0.3 is 0 Å². The average molecular weight is 307 g/mol. The molecule has 2 heterocycles. The van der Waals surface area contributed by atoms with Crippen LogP contribution in [0.15, 0.2) is 12.7 Å². The molecule has 21 heavy (non-hydrogen) atoms. The Labute approximate surface area is 130 Å². The van der Waals surface area contributed by atoms with E-state index in [0.29, 0.717) is 6.04 Å². The molecule has 0 unspecified atom stereocenters. The lowest BCUT2D eigenvalue weighted by Crippen LogP contribution is -2.32. The summed E-state index contributed by atoms with van der Waals surface area (Å²) < 4.78 is 1.85. The third kappa shape index (κ3) is 4.11. The lowest BCUT2D eigenvalue weighted by Gasteiger charge is -2.19. The number of nitrogens with zero attached hydrogens (tertiary/aromatic N) is 4. The van der Waals surface area contributed by atoms with Gasteiger partial charge in [-0.1, -0.05) is 20.8 Å². The Morgan fingerprint density at radius 2 is 2.05 bits per heavy atom. The van der Waals surface area contributed by atoms with Crippen LogP contribution in [0.3, 0.4) is 0 Å². The molecule has 2 aromatic heterocycles. The van der Waals surface area contributed by atoms with Gasteiger partial charge in [0.05, 0.1) is 17.2 Å². The molecule has 5 nitrogen and oxygen atoms in total. The Balaban J connectivity index is 2.03. The fourth-order valence-corrected chi connectivity index (χ4v) is 3.43. The lowest BCUT2D eigenvalue weighted by molar-refractivity contribution is 0.414. The van der Waals surface area contributed by atoms with E-state index in [9.17, 15) is 0 Å². The van der Waals surface area contributed by atoms with Gasteiger partial charge in [0.15, 0.2) is 0 Å². The van der Waals surface area contributed by atoms with Crippen molar-refractivity contribution < 1.29 is 0 Å². The van der Waals surface area contributed by atoms with Crippen molar-refractivity contribution >= 4 is 11.3 Å². The number of thiazole rings is 1. The molecule has 0 saturated heterocycles. The van der Waals surface area contributed by atoms with Crippen LogP contribution in [0.4, 0.5) is 0 Å². The van der Waals surface area contributed by atoms with Crippen molar-refractivity contribution in [2.75, 3.05) is 0 Å². The molecular formula is C15H25N5S. The van der Waals surface area contributed by atoms with Crippen molar-refractivity contribution in [3.8, 4) is 0 Å². The van der Waals surface area contributed by atoms with Crippen LogP contribution in [0.1, 0.15) is 56.2 Å². The quantitative estimate of drug-likeness (QED) is 0.922. The van der Waals surface area contributed by atoms with Gasteiger partial charge in [0.2, 0.25) is 0 Å². The molecule has 2 rings (SSSR count). The first-order chi connectivity index (χ1) is 9.77. The molecule has 0 aromatic carbocycles. The zero-order valence-corrected chi connectivity index (χ0v) is 14.5. The molecule has 2 aromatic rings. The molecule has 0 aliphatic carbocycles. The van der Waals surface area contributed by atoms with Crippen molar-refractivity contribution in [2.24, 2.45) is 0 Å². The summed E-state index contributed by atoms with van der Waals surface area (Å²) in [6, 6.07) is 0.610. The standard InChI is InChI=1S/C15H25N5S/c1-10(7-20-9-16-8-17-20)18-11(2)13-12(3)19-14(21-13)15(4,5)6/h8-11,18H,7H2,1-6H3/t10-,11+/m1/s1. The maximum Gasteiger partial charge on any atom is 0.137 e. The highest BCUT2D eigenvalue weighted by atomic mass is 32.1. The fraction of sp³-hybridized carbons (Fsp3) is 0.667.